The van der Waals surface area contributed by atoms with E-state index in [2.05, 4.69) is 38.5 Å². The van der Waals surface area contributed by atoms with Gasteiger partial charge in [0.15, 0.2) is 27.8 Å². The second-order valence-corrected chi connectivity index (χ2v) is 13.2. The van der Waals surface area contributed by atoms with Crippen LogP contribution in [-0.2, 0) is 16.1 Å². The summed E-state index contributed by atoms with van der Waals surface area (Å²) in [7, 11) is 3.13. The minimum absolute atomic E-state index is 0.173. The number of para-hydroxylation sites is 1. The highest BCUT2D eigenvalue weighted by molar-refractivity contribution is 14.1. The molecule has 1 aliphatic rings. The third kappa shape index (κ3) is 6.88. The van der Waals surface area contributed by atoms with Gasteiger partial charge >= 0.3 is 5.97 Å². The van der Waals surface area contributed by atoms with Crippen molar-refractivity contribution in [2.75, 3.05) is 27.4 Å². The molecule has 0 bridgehead atoms. The molecule has 0 saturated heterocycles. The molecule has 5 rings (SSSR count). The molecule has 2 heterocycles. The summed E-state index contributed by atoms with van der Waals surface area (Å²) in [4.78, 5) is 32.7. The normalized spacial score (nSPS) is 14.4. The third-order valence-corrected chi connectivity index (χ3v) is 9.49. The number of halogens is 2. The Morgan fingerprint density at radius 3 is 2.43 bits per heavy atom. The molecule has 240 valence electrons. The van der Waals surface area contributed by atoms with E-state index >= 15 is 0 Å². The molecule has 3 aromatic carbocycles. The molecule has 0 N–H and O–H groups in total. The van der Waals surface area contributed by atoms with Gasteiger partial charge in [-0.2, -0.15) is 0 Å². The quantitative estimate of drug-likeness (QED) is 0.132. The van der Waals surface area contributed by atoms with Crippen LogP contribution in [0, 0.1) is 3.57 Å². The molecule has 1 aliphatic heterocycles. The van der Waals surface area contributed by atoms with Crippen LogP contribution in [0.3, 0.4) is 0 Å². The number of ether oxygens (including phenoxy) is 5. The molecule has 1 atom stereocenters. The maximum absolute atomic E-state index is 14.2. The van der Waals surface area contributed by atoms with Gasteiger partial charge in [-0.05, 0) is 90.9 Å². The van der Waals surface area contributed by atoms with Crippen LogP contribution >= 0.6 is 49.9 Å². The summed E-state index contributed by atoms with van der Waals surface area (Å²) in [5.41, 5.74) is 2.77. The molecule has 1 aromatic heterocycles. The van der Waals surface area contributed by atoms with Gasteiger partial charge in [0.1, 0.15) is 12.6 Å². The van der Waals surface area contributed by atoms with Crippen LogP contribution < -0.4 is 33.8 Å². The van der Waals surface area contributed by atoms with Crippen molar-refractivity contribution in [3.8, 4) is 23.0 Å². The van der Waals surface area contributed by atoms with Crippen LogP contribution in [0.2, 0.25) is 0 Å². The minimum atomic E-state index is -0.849. The van der Waals surface area contributed by atoms with Crippen molar-refractivity contribution in [3.05, 3.63) is 110 Å². The Morgan fingerprint density at radius 1 is 1.02 bits per heavy atom. The fraction of sp³-hybridized carbons (Fsp3) is 0.265. The summed E-state index contributed by atoms with van der Waals surface area (Å²) in [5.74, 6) is 1.54. The lowest BCUT2D eigenvalue weighted by atomic mass is 9.94. The van der Waals surface area contributed by atoms with Crippen molar-refractivity contribution < 1.29 is 28.5 Å². The van der Waals surface area contributed by atoms with E-state index in [-0.39, 0.29) is 17.7 Å². The van der Waals surface area contributed by atoms with E-state index in [1.54, 1.807) is 46.3 Å². The highest BCUT2D eigenvalue weighted by Crippen LogP contribution is 2.41. The predicted octanol–water partition coefficient (Wildman–Crippen LogP) is 6.16. The Hall–Kier alpha value is -3.62. The van der Waals surface area contributed by atoms with Crippen LogP contribution in [0.25, 0.3) is 6.08 Å². The summed E-state index contributed by atoms with van der Waals surface area (Å²) >= 11 is 6.90. The number of esters is 1. The summed E-state index contributed by atoms with van der Waals surface area (Å²) in [6.45, 7) is 6.25. The lowest BCUT2D eigenvalue weighted by Crippen LogP contribution is -2.40. The maximum atomic E-state index is 14.2. The predicted molar refractivity (Wildman–Crippen MR) is 189 cm³/mol. The number of hydrogen-bond acceptors (Lipinski definition) is 9. The number of benzene rings is 3. The number of nitrogens with zero attached hydrogens (tertiary/aromatic N) is 2. The topological polar surface area (TPSA) is 97.6 Å². The first-order valence-corrected chi connectivity index (χ1v) is 17.1. The molecule has 0 radical (unpaired) electrons. The standard InChI is InChI=1S/C34H32BrIN2O7S/c1-6-43-30-23(9-8-10-25(30)41-4)29-28(33(40)44-7-2)19(3)37-34-38(29)32(39)27(46-34)17-21-15-24(36)31(26(16-21)42-5)45-18-20-11-13-22(35)14-12-20/h8-17,29H,6-7,18H2,1-5H3/b27-17+/t29-/m0/s1. The van der Waals surface area contributed by atoms with E-state index in [0.29, 0.717) is 56.8 Å². The fourth-order valence-corrected chi connectivity index (χ4v) is 7.24. The number of carbonyl (C=O) groups excluding carboxylic acids is 1. The minimum Gasteiger partial charge on any atom is -0.493 e. The van der Waals surface area contributed by atoms with Gasteiger partial charge in [0.2, 0.25) is 0 Å². The Morgan fingerprint density at radius 2 is 1.76 bits per heavy atom. The Kier molecular flexibility index (Phi) is 10.9. The van der Waals surface area contributed by atoms with E-state index in [1.165, 1.54) is 15.9 Å². The average molecular weight is 820 g/mol. The van der Waals surface area contributed by atoms with Gasteiger partial charge in [0.25, 0.3) is 5.56 Å². The first kappa shape index (κ1) is 33.7. The van der Waals surface area contributed by atoms with Crippen LogP contribution in [0.1, 0.15) is 43.5 Å². The SMILES string of the molecule is CCOC(=O)C1=C(C)N=c2s/c(=C/c3cc(I)c(OCc4ccc(Br)cc4)c(OC)c3)c(=O)n2[C@H]1c1cccc(OC)c1OCC. The Balaban J connectivity index is 1.62. The number of methoxy groups -OCH3 is 2. The second kappa shape index (κ2) is 14.9. The van der Waals surface area contributed by atoms with E-state index in [0.717, 1.165) is 19.2 Å². The zero-order chi connectivity index (χ0) is 33.0. The van der Waals surface area contributed by atoms with E-state index in [9.17, 15) is 9.59 Å². The first-order chi connectivity index (χ1) is 22.2. The number of fused-ring (bicyclic) bond motifs is 1. The number of allylic oxidation sites excluding steroid dienone is 1. The maximum Gasteiger partial charge on any atom is 0.338 e. The number of carbonyl (C=O) groups is 1. The number of rotatable bonds is 11. The van der Waals surface area contributed by atoms with E-state index < -0.39 is 12.0 Å². The molecule has 46 heavy (non-hydrogen) atoms. The Labute approximate surface area is 292 Å². The van der Waals surface area contributed by atoms with E-state index in [1.807, 2.05) is 49.4 Å². The molecule has 0 fully saturated rings. The highest BCUT2D eigenvalue weighted by Gasteiger charge is 2.36. The smallest absolute Gasteiger partial charge is 0.338 e. The van der Waals surface area contributed by atoms with Crippen molar-refractivity contribution in [1.29, 1.82) is 0 Å². The van der Waals surface area contributed by atoms with Crippen LogP contribution in [0.5, 0.6) is 23.0 Å². The zero-order valence-corrected chi connectivity index (χ0v) is 30.4. The average Bonchev–Trinajstić information content (AvgIpc) is 3.34. The number of aromatic nitrogens is 1. The van der Waals surface area contributed by atoms with Crippen LogP contribution in [0.15, 0.2) is 80.1 Å². The highest BCUT2D eigenvalue weighted by atomic mass is 127. The molecule has 0 saturated carbocycles. The van der Waals surface area contributed by atoms with Crippen molar-refractivity contribution >= 4 is 61.9 Å². The molecular formula is C34H32BrIN2O7S. The van der Waals surface area contributed by atoms with Gasteiger partial charge in [-0.15, -0.1) is 0 Å². The van der Waals surface area contributed by atoms with Crippen molar-refractivity contribution in [2.45, 2.75) is 33.4 Å². The first-order valence-electron chi connectivity index (χ1n) is 14.4. The van der Waals surface area contributed by atoms with Gasteiger partial charge in [-0.1, -0.05) is 51.5 Å². The Bertz CT molecular complexity index is 1990. The molecule has 0 amide bonds. The third-order valence-electron chi connectivity index (χ3n) is 7.18. The lowest BCUT2D eigenvalue weighted by molar-refractivity contribution is -0.139. The van der Waals surface area contributed by atoms with Gasteiger partial charge in [-0.3, -0.25) is 9.36 Å². The largest absolute Gasteiger partial charge is 0.493 e. The summed E-state index contributed by atoms with van der Waals surface area (Å²) < 4.78 is 32.7. The number of hydrogen-bond donors (Lipinski definition) is 0. The van der Waals surface area contributed by atoms with Crippen molar-refractivity contribution in [3.63, 3.8) is 0 Å². The van der Waals surface area contributed by atoms with Crippen LogP contribution in [-0.4, -0.2) is 38.0 Å². The summed E-state index contributed by atoms with van der Waals surface area (Å²) in [5, 5.41) is 0. The monoisotopic (exact) mass is 818 g/mol. The van der Waals surface area contributed by atoms with Gasteiger partial charge < -0.3 is 23.7 Å². The molecule has 0 spiro atoms. The summed E-state index contributed by atoms with van der Waals surface area (Å²) in [6, 6.07) is 16.2. The fourth-order valence-electron chi connectivity index (χ4n) is 5.14. The molecule has 9 nitrogen and oxygen atoms in total. The number of thiazole rings is 1. The zero-order valence-electron chi connectivity index (χ0n) is 25.9. The van der Waals surface area contributed by atoms with Crippen molar-refractivity contribution in [2.24, 2.45) is 4.99 Å². The molecule has 4 aromatic rings. The van der Waals surface area contributed by atoms with Gasteiger partial charge in [0.05, 0.1) is 46.8 Å². The lowest BCUT2D eigenvalue weighted by Gasteiger charge is -2.26. The van der Waals surface area contributed by atoms with E-state index in [4.69, 9.17) is 28.7 Å². The molecule has 0 aliphatic carbocycles. The molecule has 0 unspecified atom stereocenters. The van der Waals surface area contributed by atoms with Crippen molar-refractivity contribution in [1.82, 2.24) is 4.57 Å². The van der Waals surface area contributed by atoms with Gasteiger partial charge in [-0.25, -0.2) is 9.79 Å². The molecular weight excluding hydrogens is 787 g/mol. The second-order valence-electron chi connectivity index (χ2n) is 10.1. The van der Waals surface area contributed by atoms with Gasteiger partial charge in [0, 0.05) is 10.0 Å². The molecule has 12 heteroatoms. The summed E-state index contributed by atoms with van der Waals surface area (Å²) in [6.07, 6.45) is 1.79. The van der Waals surface area contributed by atoms with Crippen LogP contribution in [0.4, 0.5) is 0 Å².